The van der Waals surface area contributed by atoms with Gasteiger partial charge in [0.2, 0.25) is 0 Å². The average molecular weight is 363 g/mol. The first-order chi connectivity index (χ1) is 12.8. The van der Waals surface area contributed by atoms with Crippen LogP contribution in [0.5, 0.6) is 0 Å². The topological polar surface area (TPSA) is 84.2 Å². The molecular weight excluding hydrogens is 341 g/mol. The Bertz CT molecular complexity index is 872. The number of anilines is 1. The molecule has 0 spiro atoms. The summed E-state index contributed by atoms with van der Waals surface area (Å²) >= 11 is 0. The Morgan fingerprint density at radius 2 is 1.89 bits per heavy atom. The fourth-order valence-electron chi connectivity index (χ4n) is 2.76. The molecule has 0 radical (unpaired) electrons. The van der Waals surface area contributed by atoms with Gasteiger partial charge in [-0.1, -0.05) is 6.07 Å². The molecule has 27 heavy (non-hydrogen) atoms. The van der Waals surface area contributed by atoms with Crippen LogP contribution in [0.1, 0.15) is 49.3 Å². The third-order valence-electron chi connectivity index (χ3n) is 5.15. The van der Waals surface area contributed by atoms with Gasteiger partial charge in [-0.2, -0.15) is 5.26 Å². The monoisotopic (exact) mass is 363 g/mol. The molecule has 2 aromatic rings. The number of aldehydes is 1. The Kier molecular flexibility index (Phi) is 5.05. The predicted octanol–water partition coefficient (Wildman–Crippen LogP) is 2.68. The number of rotatable bonds is 5. The number of pyridine rings is 1. The van der Waals surface area contributed by atoms with E-state index in [2.05, 4.69) is 10.3 Å². The van der Waals surface area contributed by atoms with Crippen molar-refractivity contribution in [1.82, 2.24) is 4.98 Å². The zero-order valence-corrected chi connectivity index (χ0v) is 15.9. The molecule has 0 aliphatic carbocycles. The number of benzene rings is 1. The number of hydrogen-bond donors (Lipinski definition) is 1. The summed E-state index contributed by atoms with van der Waals surface area (Å²) in [5.74, 6) is 0. The number of aromatic nitrogens is 1. The molecule has 0 unspecified atom stereocenters. The molecule has 0 bridgehead atoms. The minimum atomic E-state index is -0.579. The van der Waals surface area contributed by atoms with Crippen molar-refractivity contribution in [2.24, 2.45) is 0 Å². The largest absolute Gasteiger partial charge is 0.495 e. The first kappa shape index (κ1) is 19.1. The molecule has 2 heterocycles. The summed E-state index contributed by atoms with van der Waals surface area (Å²) in [6.07, 6.45) is 2.35. The number of carbonyl (C=O) groups is 1. The molecule has 1 aromatic carbocycles. The van der Waals surface area contributed by atoms with Crippen LogP contribution in [0.4, 0.5) is 5.69 Å². The van der Waals surface area contributed by atoms with E-state index < -0.39 is 18.3 Å². The van der Waals surface area contributed by atoms with E-state index in [1.807, 2.05) is 45.9 Å². The van der Waals surface area contributed by atoms with Gasteiger partial charge >= 0.3 is 7.12 Å². The van der Waals surface area contributed by atoms with Crippen molar-refractivity contribution in [3.05, 3.63) is 53.3 Å². The zero-order chi connectivity index (χ0) is 19.7. The molecule has 0 amide bonds. The molecular formula is C20H22BN3O3. The van der Waals surface area contributed by atoms with Crippen molar-refractivity contribution in [1.29, 1.82) is 5.26 Å². The van der Waals surface area contributed by atoms with E-state index in [9.17, 15) is 4.79 Å². The number of nitrogens with zero attached hydrogens (tertiary/aromatic N) is 2. The van der Waals surface area contributed by atoms with Gasteiger partial charge in [0.05, 0.1) is 29.0 Å². The van der Waals surface area contributed by atoms with Crippen LogP contribution in [-0.4, -0.2) is 29.6 Å². The van der Waals surface area contributed by atoms with Crippen LogP contribution in [0, 0.1) is 11.3 Å². The lowest BCUT2D eigenvalue weighted by Gasteiger charge is -2.32. The van der Waals surface area contributed by atoms with Crippen molar-refractivity contribution in [2.75, 3.05) is 5.32 Å². The maximum Gasteiger partial charge on any atom is 0.495 e. The number of carbonyl (C=O) groups excluding carboxylic acids is 1. The Balaban J connectivity index is 1.75. The van der Waals surface area contributed by atoms with Crippen molar-refractivity contribution in [2.45, 2.75) is 45.4 Å². The fraction of sp³-hybridized carbons (Fsp3) is 0.350. The third-order valence-corrected chi connectivity index (χ3v) is 5.15. The SMILES string of the molecule is CC1(C)OB(c2ccc(NCc3ccc(C#N)cn3)cc2C=O)OC1(C)C. The lowest BCUT2D eigenvalue weighted by atomic mass is 9.76. The Morgan fingerprint density at radius 3 is 2.44 bits per heavy atom. The Morgan fingerprint density at radius 1 is 1.19 bits per heavy atom. The Hall–Kier alpha value is -2.69. The summed E-state index contributed by atoms with van der Waals surface area (Å²) in [4.78, 5) is 15.8. The molecule has 1 N–H and O–H groups in total. The van der Waals surface area contributed by atoms with E-state index in [0.29, 0.717) is 23.1 Å². The maximum atomic E-state index is 11.6. The molecule has 1 aliphatic rings. The highest BCUT2D eigenvalue weighted by molar-refractivity contribution is 6.63. The van der Waals surface area contributed by atoms with Gasteiger partial charge < -0.3 is 14.6 Å². The molecule has 1 aromatic heterocycles. The second-order valence-corrected chi connectivity index (χ2v) is 7.55. The first-order valence-corrected chi connectivity index (χ1v) is 8.79. The molecule has 1 aliphatic heterocycles. The van der Waals surface area contributed by atoms with Gasteiger partial charge in [-0.15, -0.1) is 0 Å². The third kappa shape index (κ3) is 3.87. The van der Waals surface area contributed by atoms with Crippen molar-refractivity contribution in [3.63, 3.8) is 0 Å². The van der Waals surface area contributed by atoms with Crippen molar-refractivity contribution < 1.29 is 14.1 Å². The van der Waals surface area contributed by atoms with Crippen LogP contribution in [0.15, 0.2) is 36.5 Å². The van der Waals surface area contributed by atoms with Crippen LogP contribution in [-0.2, 0) is 15.9 Å². The van der Waals surface area contributed by atoms with Gasteiger partial charge in [0.25, 0.3) is 0 Å². The van der Waals surface area contributed by atoms with Crippen LogP contribution in [0.2, 0.25) is 0 Å². The Labute approximate surface area is 159 Å². The lowest BCUT2D eigenvalue weighted by molar-refractivity contribution is 0.00578. The molecule has 1 fully saturated rings. The van der Waals surface area contributed by atoms with Gasteiger partial charge in [0, 0.05) is 17.4 Å². The summed E-state index contributed by atoms with van der Waals surface area (Å²) in [6, 6.07) is 11.1. The normalized spacial score (nSPS) is 17.4. The zero-order valence-electron chi connectivity index (χ0n) is 15.9. The first-order valence-electron chi connectivity index (χ1n) is 8.79. The van der Waals surface area contributed by atoms with Crippen molar-refractivity contribution in [3.8, 4) is 6.07 Å². The van der Waals surface area contributed by atoms with Gasteiger partial charge in [-0.3, -0.25) is 9.78 Å². The highest BCUT2D eigenvalue weighted by Gasteiger charge is 2.52. The second kappa shape index (κ2) is 7.14. The van der Waals surface area contributed by atoms with E-state index in [-0.39, 0.29) is 0 Å². The van der Waals surface area contributed by atoms with Gasteiger partial charge in [0.15, 0.2) is 0 Å². The smallest absolute Gasteiger partial charge is 0.399 e. The molecule has 7 heteroatoms. The van der Waals surface area contributed by atoms with E-state index in [4.69, 9.17) is 14.6 Å². The minimum absolute atomic E-state index is 0.462. The van der Waals surface area contributed by atoms with E-state index >= 15 is 0 Å². The molecule has 0 atom stereocenters. The molecule has 6 nitrogen and oxygen atoms in total. The number of nitrogens with one attached hydrogen (secondary N) is 1. The summed E-state index contributed by atoms with van der Waals surface area (Å²) in [7, 11) is -0.579. The highest BCUT2D eigenvalue weighted by Crippen LogP contribution is 2.36. The maximum absolute atomic E-state index is 11.6. The quantitative estimate of drug-likeness (QED) is 0.650. The number of nitriles is 1. The van der Waals surface area contributed by atoms with Gasteiger partial charge in [0.1, 0.15) is 12.4 Å². The molecule has 0 saturated carbocycles. The van der Waals surface area contributed by atoms with Crippen molar-refractivity contribution >= 4 is 24.6 Å². The summed E-state index contributed by atoms with van der Waals surface area (Å²) in [6.45, 7) is 8.41. The average Bonchev–Trinajstić information content (AvgIpc) is 2.87. The highest BCUT2D eigenvalue weighted by atomic mass is 16.7. The fourth-order valence-corrected chi connectivity index (χ4v) is 2.76. The predicted molar refractivity (Wildman–Crippen MR) is 104 cm³/mol. The lowest BCUT2D eigenvalue weighted by Crippen LogP contribution is -2.41. The van der Waals surface area contributed by atoms with Crippen LogP contribution < -0.4 is 10.8 Å². The number of hydrogen-bond acceptors (Lipinski definition) is 6. The van der Waals surface area contributed by atoms with E-state index in [0.717, 1.165) is 17.7 Å². The van der Waals surface area contributed by atoms with Crippen LogP contribution in [0.3, 0.4) is 0 Å². The summed E-state index contributed by atoms with van der Waals surface area (Å²) < 4.78 is 12.1. The van der Waals surface area contributed by atoms with Crippen LogP contribution >= 0.6 is 0 Å². The molecule has 1 saturated heterocycles. The molecule has 138 valence electrons. The van der Waals surface area contributed by atoms with Crippen LogP contribution in [0.25, 0.3) is 0 Å². The summed E-state index contributed by atoms with van der Waals surface area (Å²) in [5, 5.41) is 12.1. The van der Waals surface area contributed by atoms with E-state index in [1.165, 1.54) is 6.20 Å². The molecule has 3 rings (SSSR count). The van der Waals surface area contributed by atoms with Gasteiger partial charge in [-0.25, -0.2) is 0 Å². The second-order valence-electron chi connectivity index (χ2n) is 7.55. The van der Waals surface area contributed by atoms with Gasteiger partial charge in [-0.05, 0) is 57.4 Å². The minimum Gasteiger partial charge on any atom is -0.399 e. The standard InChI is InChI=1S/C20H22BN3O3/c1-19(2)20(3,4)27-21(26-19)18-8-7-16(9-15(18)13-25)24-12-17-6-5-14(10-22)11-23-17/h5-9,11,13,24H,12H2,1-4H3. The summed E-state index contributed by atoms with van der Waals surface area (Å²) in [5.41, 5.74) is 2.43. The van der Waals surface area contributed by atoms with E-state index in [1.54, 1.807) is 18.2 Å².